The zero-order valence-electron chi connectivity index (χ0n) is 5.16. The number of hydrogen-bond donors (Lipinski definition) is 1. The second kappa shape index (κ2) is 1.47. The van der Waals surface area contributed by atoms with Crippen molar-refractivity contribution in [1.82, 2.24) is 14.6 Å². The van der Waals surface area contributed by atoms with Crippen molar-refractivity contribution in [2.45, 2.75) is 0 Å². The smallest absolute Gasteiger partial charge is 0.311 e. The summed E-state index contributed by atoms with van der Waals surface area (Å²) in [4.78, 5) is 13.3. The highest BCUT2D eigenvalue weighted by Gasteiger charge is 1.98. The molecule has 0 fully saturated rings. The lowest BCUT2D eigenvalue weighted by atomic mass is 10.5. The maximum atomic E-state index is 10.8. The minimum Gasteiger partial charge on any atom is -0.311 e. The minimum absolute atomic E-state index is 0.218. The normalized spacial score (nSPS) is 10.8. The van der Waals surface area contributed by atoms with Gasteiger partial charge in [0.1, 0.15) is 0 Å². The molecule has 0 bridgehead atoms. The van der Waals surface area contributed by atoms with E-state index in [2.05, 4.69) is 16.7 Å². The summed E-state index contributed by atoms with van der Waals surface area (Å²) in [6.07, 6.45) is 3.16. The van der Waals surface area contributed by atoms with Crippen LogP contribution in [0.2, 0.25) is 0 Å². The van der Waals surface area contributed by atoms with Gasteiger partial charge in [-0.15, -0.1) is 0 Å². The number of aromatic nitrogens is 3. The Hall–Kier alpha value is -1.58. The third-order valence-corrected chi connectivity index (χ3v) is 1.41. The van der Waals surface area contributed by atoms with E-state index in [1.807, 2.05) is 0 Å². The molecule has 2 aromatic rings. The third kappa shape index (κ3) is 0.452. The predicted molar refractivity (Wildman–Crippen MR) is 36.6 cm³/mol. The van der Waals surface area contributed by atoms with E-state index in [4.69, 9.17) is 0 Å². The predicted octanol–water partition coefficient (Wildman–Crippen LogP) is -0.848. The van der Waals surface area contributed by atoms with Gasteiger partial charge in [0.15, 0.2) is 0 Å². The first-order valence-corrected chi connectivity index (χ1v) is 2.83. The van der Waals surface area contributed by atoms with Gasteiger partial charge in [-0.2, -0.15) is 9.61 Å². The number of aromatic amines is 1. The molecule has 0 unspecified atom stereocenters. The zero-order valence-corrected chi connectivity index (χ0v) is 5.16. The maximum Gasteiger partial charge on any atom is 0.346 e. The molecule has 2 heterocycles. The molecule has 1 N–H and O–H groups in total. The SMILES string of the molecule is C=c1cnn2c(=O)[nH]cc12. The van der Waals surface area contributed by atoms with Crippen molar-refractivity contribution in [3.05, 3.63) is 28.1 Å². The van der Waals surface area contributed by atoms with Crippen molar-refractivity contribution in [3.63, 3.8) is 0 Å². The Balaban J connectivity index is 3.24. The topological polar surface area (TPSA) is 50.2 Å². The van der Waals surface area contributed by atoms with E-state index >= 15 is 0 Å². The Labute approximate surface area is 55.8 Å². The largest absolute Gasteiger partial charge is 0.346 e. The monoisotopic (exact) mass is 135 g/mol. The molecule has 50 valence electrons. The molecular formula is C6H5N3O. The van der Waals surface area contributed by atoms with Gasteiger partial charge < -0.3 is 4.98 Å². The molecule has 0 radical (unpaired) electrons. The molecule has 0 aromatic carbocycles. The number of H-pyrrole nitrogens is 1. The fourth-order valence-electron chi connectivity index (χ4n) is 0.899. The van der Waals surface area contributed by atoms with Crippen LogP contribution in [0.3, 0.4) is 0 Å². The van der Waals surface area contributed by atoms with Crippen LogP contribution in [0.15, 0.2) is 17.2 Å². The van der Waals surface area contributed by atoms with E-state index in [0.717, 1.165) is 10.7 Å². The van der Waals surface area contributed by atoms with Crippen molar-refractivity contribution >= 4 is 12.1 Å². The van der Waals surface area contributed by atoms with Gasteiger partial charge in [0.2, 0.25) is 0 Å². The molecule has 0 amide bonds. The Morgan fingerprint density at radius 1 is 1.70 bits per heavy atom. The van der Waals surface area contributed by atoms with Gasteiger partial charge in [0, 0.05) is 11.4 Å². The van der Waals surface area contributed by atoms with Gasteiger partial charge in [-0.3, -0.25) is 0 Å². The lowest BCUT2D eigenvalue weighted by molar-refractivity contribution is 0.906. The van der Waals surface area contributed by atoms with Gasteiger partial charge in [-0.1, -0.05) is 6.58 Å². The molecule has 0 saturated heterocycles. The molecule has 2 rings (SSSR count). The fourth-order valence-corrected chi connectivity index (χ4v) is 0.899. The van der Waals surface area contributed by atoms with Gasteiger partial charge in [0.05, 0.1) is 11.7 Å². The summed E-state index contributed by atoms with van der Waals surface area (Å²) < 4.78 is 1.28. The average molecular weight is 135 g/mol. The zero-order chi connectivity index (χ0) is 7.14. The van der Waals surface area contributed by atoms with Crippen LogP contribution in [0.5, 0.6) is 0 Å². The van der Waals surface area contributed by atoms with Crippen LogP contribution in [-0.4, -0.2) is 14.6 Å². The molecule has 4 nitrogen and oxygen atoms in total. The van der Waals surface area contributed by atoms with E-state index < -0.39 is 0 Å². The van der Waals surface area contributed by atoms with Crippen LogP contribution < -0.4 is 10.9 Å². The Morgan fingerprint density at radius 2 is 2.50 bits per heavy atom. The standard InChI is InChI=1S/C6H5N3O/c1-4-2-8-9-5(4)3-7-6(9)10/h2-3H,1H2,(H,7,10). The first-order valence-electron chi connectivity index (χ1n) is 2.83. The summed E-state index contributed by atoms with van der Waals surface area (Å²) in [5.41, 5.74) is 0.523. The Kier molecular flexibility index (Phi) is 0.768. The fraction of sp³-hybridized carbons (Fsp3) is 0. The third-order valence-electron chi connectivity index (χ3n) is 1.41. The number of hydrogen-bond acceptors (Lipinski definition) is 2. The molecule has 0 aliphatic carbocycles. The highest BCUT2D eigenvalue weighted by molar-refractivity contribution is 5.45. The van der Waals surface area contributed by atoms with Crippen LogP contribution in [0.4, 0.5) is 0 Å². The second-order valence-corrected chi connectivity index (χ2v) is 2.06. The lowest BCUT2D eigenvalue weighted by Crippen LogP contribution is -2.09. The highest BCUT2D eigenvalue weighted by atomic mass is 16.1. The van der Waals surface area contributed by atoms with Crippen LogP contribution in [0.25, 0.3) is 12.1 Å². The van der Waals surface area contributed by atoms with E-state index in [0.29, 0.717) is 0 Å². The number of imidazole rings is 1. The number of rotatable bonds is 0. The van der Waals surface area contributed by atoms with Crippen molar-refractivity contribution in [2.24, 2.45) is 0 Å². The molecular weight excluding hydrogens is 130 g/mol. The van der Waals surface area contributed by atoms with Crippen LogP contribution in [0.1, 0.15) is 0 Å². The molecule has 4 heteroatoms. The quantitative estimate of drug-likeness (QED) is 0.511. The maximum absolute atomic E-state index is 10.8. The summed E-state index contributed by atoms with van der Waals surface area (Å²) in [7, 11) is 0. The van der Waals surface area contributed by atoms with Crippen LogP contribution in [0, 0.1) is 0 Å². The molecule has 0 atom stereocenters. The van der Waals surface area contributed by atoms with Crippen molar-refractivity contribution in [1.29, 1.82) is 0 Å². The summed E-state index contributed by atoms with van der Waals surface area (Å²) in [6, 6.07) is 0. The number of nitrogens with zero attached hydrogens (tertiary/aromatic N) is 2. The minimum atomic E-state index is -0.218. The summed E-state index contributed by atoms with van der Waals surface area (Å²) >= 11 is 0. The molecule has 0 aliphatic heterocycles. The number of nitrogens with one attached hydrogen (secondary N) is 1. The Morgan fingerprint density at radius 3 is 3.20 bits per heavy atom. The average Bonchev–Trinajstić information content (AvgIpc) is 2.41. The highest BCUT2D eigenvalue weighted by Crippen LogP contribution is 1.84. The van der Waals surface area contributed by atoms with Crippen molar-refractivity contribution in [2.75, 3.05) is 0 Å². The van der Waals surface area contributed by atoms with E-state index in [1.165, 1.54) is 4.52 Å². The first kappa shape index (κ1) is 5.22. The molecule has 0 spiro atoms. The summed E-state index contributed by atoms with van der Waals surface area (Å²) in [5, 5.41) is 4.55. The summed E-state index contributed by atoms with van der Waals surface area (Å²) in [6.45, 7) is 3.68. The molecule has 10 heavy (non-hydrogen) atoms. The van der Waals surface area contributed by atoms with Gasteiger partial charge in [0.25, 0.3) is 0 Å². The van der Waals surface area contributed by atoms with E-state index in [1.54, 1.807) is 12.4 Å². The van der Waals surface area contributed by atoms with Crippen LogP contribution in [-0.2, 0) is 0 Å². The van der Waals surface area contributed by atoms with Gasteiger partial charge in [-0.25, -0.2) is 4.79 Å². The van der Waals surface area contributed by atoms with Crippen molar-refractivity contribution < 1.29 is 0 Å². The second-order valence-electron chi connectivity index (χ2n) is 2.06. The van der Waals surface area contributed by atoms with Gasteiger partial charge in [-0.05, 0) is 0 Å². The number of fused-ring (bicyclic) bond motifs is 1. The van der Waals surface area contributed by atoms with Crippen LogP contribution >= 0.6 is 0 Å². The molecule has 0 saturated carbocycles. The molecule has 0 aliphatic rings. The Bertz CT molecular complexity index is 409. The lowest BCUT2D eigenvalue weighted by Gasteiger charge is -1.71. The van der Waals surface area contributed by atoms with E-state index in [-0.39, 0.29) is 5.69 Å². The first-order chi connectivity index (χ1) is 4.79. The molecule has 2 aromatic heterocycles. The van der Waals surface area contributed by atoms with Gasteiger partial charge >= 0.3 is 5.69 Å². The summed E-state index contributed by atoms with van der Waals surface area (Å²) in [5.74, 6) is 0. The van der Waals surface area contributed by atoms with Crippen molar-refractivity contribution in [3.8, 4) is 0 Å². The van der Waals surface area contributed by atoms with E-state index in [9.17, 15) is 4.79 Å².